The fourth-order valence-corrected chi connectivity index (χ4v) is 2.56. The number of rotatable bonds is 8. The van der Waals surface area contributed by atoms with Crippen LogP contribution in [0.1, 0.15) is 32.9 Å². The number of nitrogens with one attached hydrogen (secondary N) is 1. The molecule has 2 aromatic rings. The van der Waals surface area contributed by atoms with Crippen LogP contribution in [0.2, 0.25) is 0 Å². The highest BCUT2D eigenvalue weighted by Crippen LogP contribution is 2.18. The van der Waals surface area contributed by atoms with Crippen molar-refractivity contribution in [1.29, 1.82) is 0 Å². The Morgan fingerprint density at radius 1 is 1.29 bits per heavy atom. The first-order valence-electron chi connectivity index (χ1n) is 8.02. The van der Waals surface area contributed by atoms with Crippen molar-refractivity contribution in [1.82, 2.24) is 20.0 Å². The van der Waals surface area contributed by atoms with Gasteiger partial charge in [-0.3, -0.25) is 4.68 Å². The monoisotopic (exact) mass is 288 g/mol. The van der Waals surface area contributed by atoms with E-state index in [4.69, 9.17) is 5.10 Å². The van der Waals surface area contributed by atoms with Crippen molar-refractivity contribution in [2.45, 2.75) is 46.3 Å². The maximum Gasteiger partial charge on any atom is 0.0841 e. The molecule has 1 N–H and O–H groups in total. The Hall–Kier alpha value is -1.39. The Balaban J connectivity index is 1.92. The van der Waals surface area contributed by atoms with Crippen LogP contribution in [0.3, 0.4) is 0 Å². The predicted octanol–water partition coefficient (Wildman–Crippen LogP) is 2.88. The Kier molecular flexibility index (Phi) is 5.76. The molecule has 116 valence electrons. The minimum absolute atomic E-state index is 0.645. The highest BCUT2D eigenvalue weighted by Gasteiger charge is 2.09. The summed E-state index contributed by atoms with van der Waals surface area (Å²) in [6, 6.07) is 9.12. The van der Waals surface area contributed by atoms with Crippen LogP contribution in [0.25, 0.3) is 10.9 Å². The van der Waals surface area contributed by atoms with Crippen LogP contribution in [0.5, 0.6) is 0 Å². The third kappa shape index (κ3) is 3.83. The van der Waals surface area contributed by atoms with E-state index in [0.717, 1.165) is 31.9 Å². The fraction of sp³-hybridized carbons (Fsp3) is 0.588. The zero-order valence-electron chi connectivity index (χ0n) is 13.8. The van der Waals surface area contributed by atoms with Gasteiger partial charge in [0.1, 0.15) is 0 Å². The average Bonchev–Trinajstić information content (AvgIpc) is 2.88. The zero-order valence-corrected chi connectivity index (χ0v) is 13.8. The molecule has 0 aliphatic rings. The standard InChI is InChI=1S/C17H28N4/c1-5-14(3)20(4)12-11-18-13-16-15-9-7-8-10-17(15)21(6-2)19-16/h7-10,14,18H,5-6,11-13H2,1-4H3. The van der Waals surface area contributed by atoms with E-state index in [1.54, 1.807) is 0 Å². The summed E-state index contributed by atoms with van der Waals surface area (Å²) in [5.74, 6) is 0. The van der Waals surface area contributed by atoms with Gasteiger partial charge in [0.15, 0.2) is 0 Å². The van der Waals surface area contributed by atoms with Gasteiger partial charge in [-0.1, -0.05) is 25.1 Å². The Labute approximate surface area is 128 Å². The van der Waals surface area contributed by atoms with E-state index in [1.165, 1.54) is 17.3 Å². The summed E-state index contributed by atoms with van der Waals surface area (Å²) in [6.07, 6.45) is 1.20. The minimum atomic E-state index is 0.645. The van der Waals surface area contributed by atoms with E-state index in [1.807, 2.05) is 0 Å². The van der Waals surface area contributed by atoms with Gasteiger partial charge in [-0.2, -0.15) is 5.10 Å². The molecule has 0 aliphatic carbocycles. The van der Waals surface area contributed by atoms with Gasteiger partial charge in [-0.25, -0.2) is 0 Å². The molecule has 0 fully saturated rings. The molecule has 1 heterocycles. The van der Waals surface area contributed by atoms with Gasteiger partial charge in [0.25, 0.3) is 0 Å². The number of para-hydroxylation sites is 1. The summed E-state index contributed by atoms with van der Waals surface area (Å²) in [5.41, 5.74) is 2.38. The molecule has 0 radical (unpaired) electrons. The van der Waals surface area contributed by atoms with E-state index in [9.17, 15) is 0 Å². The normalized spacial score (nSPS) is 13.2. The van der Waals surface area contributed by atoms with Crippen LogP contribution in [0.15, 0.2) is 24.3 Å². The number of likely N-dealkylation sites (N-methyl/N-ethyl adjacent to an activating group) is 1. The topological polar surface area (TPSA) is 33.1 Å². The summed E-state index contributed by atoms with van der Waals surface area (Å²) in [5, 5.41) is 9.51. The Bertz CT molecular complexity index is 561. The molecule has 2 rings (SSSR count). The maximum atomic E-state index is 4.72. The second-order valence-corrected chi connectivity index (χ2v) is 5.69. The summed E-state index contributed by atoms with van der Waals surface area (Å²) in [7, 11) is 2.19. The van der Waals surface area contributed by atoms with Gasteiger partial charge in [0, 0.05) is 37.6 Å². The van der Waals surface area contributed by atoms with E-state index in [-0.39, 0.29) is 0 Å². The molecule has 0 aliphatic heterocycles. The van der Waals surface area contributed by atoms with Crippen molar-refractivity contribution in [2.75, 3.05) is 20.1 Å². The van der Waals surface area contributed by atoms with Gasteiger partial charge in [-0.05, 0) is 33.4 Å². The lowest BCUT2D eigenvalue weighted by Crippen LogP contribution is -2.34. The van der Waals surface area contributed by atoms with Crippen molar-refractivity contribution in [2.24, 2.45) is 0 Å². The smallest absolute Gasteiger partial charge is 0.0841 e. The van der Waals surface area contributed by atoms with Crippen molar-refractivity contribution < 1.29 is 0 Å². The van der Waals surface area contributed by atoms with Crippen LogP contribution >= 0.6 is 0 Å². The molecule has 1 aromatic heterocycles. The van der Waals surface area contributed by atoms with Crippen LogP contribution < -0.4 is 5.32 Å². The Morgan fingerprint density at radius 2 is 2.05 bits per heavy atom. The average molecular weight is 288 g/mol. The molecule has 4 nitrogen and oxygen atoms in total. The first kappa shape index (κ1) is 16.0. The van der Waals surface area contributed by atoms with Gasteiger partial charge < -0.3 is 10.2 Å². The van der Waals surface area contributed by atoms with Crippen LogP contribution in [-0.2, 0) is 13.1 Å². The molecule has 1 aromatic carbocycles. The molecule has 1 atom stereocenters. The lowest BCUT2D eigenvalue weighted by Gasteiger charge is -2.23. The van der Waals surface area contributed by atoms with Gasteiger partial charge in [0.2, 0.25) is 0 Å². The number of fused-ring (bicyclic) bond motifs is 1. The van der Waals surface area contributed by atoms with E-state index < -0.39 is 0 Å². The lowest BCUT2D eigenvalue weighted by atomic mass is 10.2. The largest absolute Gasteiger partial charge is 0.310 e. The van der Waals surface area contributed by atoms with Crippen LogP contribution in [0.4, 0.5) is 0 Å². The Morgan fingerprint density at radius 3 is 2.76 bits per heavy atom. The number of hydrogen-bond donors (Lipinski definition) is 1. The van der Waals surface area contributed by atoms with Gasteiger partial charge in [-0.15, -0.1) is 0 Å². The van der Waals surface area contributed by atoms with Crippen molar-refractivity contribution in [3.63, 3.8) is 0 Å². The third-order valence-corrected chi connectivity index (χ3v) is 4.31. The van der Waals surface area contributed by atoms with Gasteiger partial charge >= 0.3 is 0 Å². The molecule has 21 heavy (non-hydrogen) atoms. The maximum absolute atomic E-state index is 4.72. The minimum Gasteiger partial charge on any atom is -0.310 e. The van der Waals surface area contributed by atoms with Gasteiger partial charge in [0.05, 0.1) is 11.2 Å². The first-order chi connectivity index (χ1) is 10.2. The van der Waals surface area contributed by atoms with E-state index in [2.05, 4.69) is 67.0 Å². The summed E-state index contributed by atoms with van der Waals surface area (Å²) >= 11 is 0. The fourth-order valence-electron chi connectivity index (χ4n) is 2.56. The zero-order chi connectivity index (χ0) is 15.2. The second kappa shape index (κ2) is 7.57. The SMILES string of the molecule is CCC(C)N(C)CCNCc1nn(CC)c2ccccc12. The predicted molar refractivity (Wildman–Crippen MR) is 89.5 cm³/mol. The third-order valence-electron chi connectivity index (χ3n) is 4.31. The number of hydrogen-bond acceptors (Lipinski definition) is 3. The molecule has 1 unspecified atom stereocenters. The molecular weight excluding hydrogens is 260 g/mol. The number of benzene rings is 1. The molecule has 0 saturated heterocycles. The first-order valence-corrected chi connectivity index (χ1v) is 8.02. The van der Waals surface area contributed by atoms with Crippen molar-refractivity contribution >= 4 is 10.9 Å². The van der Waals surface area contributed by atoms with E-state index in [0.29, 0.717) is 6.04 Å². The second-order valence-electron chi connectivity index (χ2n) is 5.69. The highest BCUT2D eigenvalue weighted by atomic mass is 15.3. The quantitative estimate of drug-likeness (QED) is 0.758. The molecule has 4 heteroatoms. The number of aromatic nitrogens is 2. The molecule has 0 amide bonds. The van der Waals surface area contributed by atoms with Crippen LogP contribution in [0, 0.1) is 0 Å². The summed E-state index contributed by atoms with van der Waals surface area (Å²) in [4.78, 5) is 2.40. The molecular formula is C17H28N4. The molecule has 0 saturated carbocycles. The number of nitrogens with zero attached hydrogens (tertiary/aromatic N) is 3. The van der Waals surface area contributed by atoms with Crippen molar-refractivity contribution in [3.8, 4) is 0 Å². The van der Waals surface area contributed by atoms with Crippen LogP contribution in [-0.4, -0.2) is 40.9 Å². The lowest BCUT2D eigenvalue weighted by molar-refractivity contribution is 0.251. The van der Waals surface area contributed by atoms with Crippen molar-refractivity contribution in [3.05, 3.63) is 30.0 Å². The summed E-state index contributed by atoms with van der Waals surface area (Å²) in [6.45, 7) is 10.5. The molecule has 0 spiro atoms. The highest BCUT2D eigenvalue weighted by molar-refractivity contribution is 5.81. The molecule has 0 bridgehead atoms. The van der Waals surface area contributed by atoms with E-state index >= 15 is 0 Å². The summed E-state index contributed by atoms with van der Waals surface area (Å²) < 4.78 is 2.08. The number of aryl methyl sites for hydroxylation is 1.